The number of esters is 2. The zero-order chi connectivity index (χ0) is 7.02. The van der Waals surface area contributed by atoms with E-state index >= 15 is 0 Å². The van der Waals surface area contributed by atoms with Crippen LogP contribution < -0.4 is 5.73 Å². The number of nitrogens with two attached hydrogens (primary N) is 1. The van der Waals surface area contributed by atoms with Crippen molar-refractivity contribution < 1.29 is 14.3 Å². The van der Waals surface area contributed by atoms with E-state index in [1.54, 1.807) is 6.92 Å². The fourth-order valence-corrected chi connectivity index (χ4v) is 0.611. The molecule has 1 rings (SSSR count). The van der Waals surface area contributed by atoms with E-state index < -0.39 is 23.9 Å². The minimum absolute atomic E-state index is 0.475. The monoisotopic (exact) mass is 129 g/mol. The quantitative estimate of drug-likeness (QED) is 0.337. The predicted octanol–water partition coefficient (Wildman–Crippen LogP) is -0.967. The van der Waals surface area contributed by atoms with Crippen LogP contribution in [0.1, 0.15) is 6.92 Å². The standard InChI is InChI=1S/C5H7NO3/c1-2-3(6)5(8)9-4(2)7/h2-3H,6H2,1H3/t2-,3-/m1/s1. The van der Waals surface area contributed by atoms with Crippen LogP contribution in [0, 0.1) is 5.92 Å². The molecule has 50 valence electrons. The van der Waals surface area contributed by atoms with E-state index in [1.165, 1.54) is 0 Å². The molecule has 1 heterocycles. The van der Waals surface area contributed by atoms with E-state index in [4.69, 9.17) is 5.73 Å². The van der Waals surface area contributed by atoms with Crippen molar-refractivity contribution in [3.05, 3.63) is 0 Å². The average Bonchev–Trinajstić information content (AvgIpc) is 1.98. The SMILES string of the molecule is C[C@H]1C(=O)OC(=O)[C@@H]1N. The Morgan fingerprint density at radius 1 is 1.44 bits per heavy atom. The Balaban J connectivity index is 2.77. The van der Waals surface area contributed by atoms with E-state index in [9.17, 15) is 9.59 Å². The molecule has 1 aliphatic heterocycles. The number of ether oxygens (including phenoxy) is 1. The van der Waals surface area contributed by atoms with Crippen molar-refractivity contribution in [2.45, 2.75) is 13.0 Å². The highest BCUT2D eigenvalue weighted by Gasteiger charge is 2.38. The molecule has 0 aromatic heterocycles. The number of cyclic esters (lactones) is 2. The maximum Gasteiger partial charge on any atom is 0.331 e. The molecular weight excluding hydrogens is 122 g/mol. The highest BCUT2D eigenvalue weighted by molar-refractivity contribution is 5.98. The van der Waals surface area contributed by atoms with E-state index in [1.807, 2.05) is 0 Å². The van der Waals surface area contributed by atoms with Crippen LogP contribution in [0.15, 0.2) is 0 Å². The summed E-state index contributed by atoms with van der Waals surface area (Å²) >= 11 is 0. The van der Waals surface area contributed by atoms with Gasteiger partial charge in [0.15, 0.2) is 0 Å². The Bertz CT molecular complexity index is 148. The lowest BCUT2D eigenvalue weighted by Crippen LogP contribution is -2.31. The number of hydrogen-bond donors (Lipinski definition) is 1. The molecule has 2 N–H and O–H groups in total. The minimum atomic E-state index is -0.752. The molecule has 2 atom stereocenters. The van der Waals surface area contributed by atoms with Crippen LogP contribution in [0.3, 0.4) is 0 Å². The largest absolute Gasteiger partial charge is 0.392 e. The Kier molecular flexibility index (Phi) is 1.25. The van der Waals surface area contributed by atoms with Gasteiger partial charge in [0.1, 0.15) is 6.04 Å². The summed E-state index contributed by atoms with van der Waals surface area (Å²) in [5.41, 5.74) is 5.22. The van der Waals surface area contributed by atoms with Crippen LogP contribution >= 0.6 is 0 Å². The summed E-state index contributed by atoms with van der Waals surface area (Å²) in [7, 11) is 0. The second-order valence-corrected chi connectivity index (χ2v) is 2.05. The molecular formula is C5H7NO3. The molecule has 0 amide bonds. The smallest absolute Gasteiger partial charge is 0.331 e. The van der Waals surface area contributed by atoms with Gasteiger partial charge in [0.2, 0.25) is 0 Å². The van der Waals surface area contributed by atoms with Crippen molar-refractivity contribution in [3.8, 4) is 0 Å². The first-order valence-electron chi connectivity index (χ1n) is 2.64. The Labute approximate surface area is 52.0 Å². The van der Waals surface area contributed by atoms with Crippen molar-refractivity contribution in [1.29, 1.82) is 0 Å². The minimum Gasteiger partial charge on any atom is -0.392 e. The molecule has 0 bridgehead atoms. The molecule has 0 spiro atoms. The van der Waals surface area contributed by atoms with Gasteiger partial charge in [-0.15, -0.1) is 0 Å². The third-order valence-corrected chi connectivity index (χ3v) is 1.38. The summed E-state index contributed by atoms with van der Waals surface area (Å²) in [6, 6.07) is -0.752. The molecule has 0 saturated carbocycles. The highest BCUT2D eigenvalue weighted by Crippen LogP contribution is 2.12. The Hall–Kier alpha value is -0.900. The number of carbonyl (C=O) groups is 2. The van der Waals surface area contributed by atoms with Crippen LogP contribution in [0.4, 0.5) is 0 Å². The van der Waals surface area contributed by atoms with Gasteiger partial charge >= 0.3 is 11.9 Å². The maximum atomic E-state index is 10.5. The fraction of sp³-hybridized carbons (Fsp3) is 0.600. The van der Waals surface area contributed by atoms with Crippen molar-refractivity contribution in [2.75, 3.05) is 0 Å². The number of rotatable bonds is 0. The second-order valence-electron chi connectivity index (χ2n) is 2.05. The van der Waals surface area contributed by atoms with Crippen LogP contribution in [0.25, 0.3) is 0 Å². The zero-order valence-electron chi connectivity index (χ0n) is 4.96. The van der Waals surface area contributed by atoms with Gasteiger partial charge in [0.25, 0.3) is 0 Å². The molecule has 0 unspecified atom stereocenters. The summed E-state index contributed by atoms with van der Waals surface area (Å²) in [4.78, 5) is 20.9. The Morgan fingerprint density at radius 3 is 2.11 bits per heavy atom. The topological polar surface area (TPSA) is 69.4 Å². The number of hydrogen-bond acceptors (Lipinski definition) is 4. The maximum absolute atomic E-state index is 10.5. The third-order valence-electron chi connectivity index (χ3n) is 1.38. The molecule has 0 aliphatic carbocycles. The van der Waals surface area contributed by atoms with Gasteiger partial charge < -0.3 is 10.5 Å². The molecule has 1 fully saturated rings. The van der Waals surface area contributed by atoms with Crippen molar-refractivity contribution in [2.24, 2.45) is 11.7 Å². The third kappa shape index (κ3) is 0.810. The van der Waals surface area contributed by atoms with Gasteiger partial charge in [-0.2, -0.15) is 0 Å². The first-order valence-corrected chi connectivity index (χ1v) is 2.64. The normalized spacial score (nSPS) is 34.9. The Morgan fingerprint density at radius 2 is 2.00 bits per heavy atom. The van der Waals surface area contributed by atoms with E-state index in [0.717, 1.165) is 0 Å². The van der Waals surface area contributed by atoms with E-state index in [2.05, 4.69) is 4.74 Å². The number of carbonyl (C=O) groups excluding carboxylic acids is 2. The summed E-state index contributed by atoms with van der Waals surface area (Å²) in [6.07, 6.45) is 0. The van der Waals surface area contributed by atoms with Gasteiger partial charge in [-0.25, -0.2) is 4.79 Å². The van der Waals surface area contributed by atoms with Gasteiger partial charge in [-0.1, -0.05) is 0 Å². The summed E-state index contributed by atoms with van der Waals surface area (Å²) in [6.45, 7) is 1.57. The van der Waals surface area contributed by atoms with Crippen LogP contribution in [-0.2, 0) is 14.3 Å². The first kappa shape index (κ1) is 6.22. The molecule has 0 aromatic carbocycles. The van der Waals surface area contributed by atoms with Gasteiger partial charge in [-0.05, 0) is 6.92 Å². The average molecular weight is 129 g/mol. The molecule has 4 heteroatoms. The van der Waals surface area contributed by atoms with Crippen LogP contribution in [-0.4, -0.2) is 18.0 Å². The van der Waals surface area contributed by atoms with E-state index in [0.29, 0.717) is 0 Å². The summed E-state index contributed by atoms with van der Waals surface area (Å²) < 4.78 is 4.18. The highest BCUT2D eigenvalue weighted by atomic mass is 16.6. The van der Waals surface area contributed by atoms with Gasteiger partial charge in [-0.3, -0.25) is 4.79 Å². The van der Waals surface area contributed by atoms with Crippen molar-refractivity contribution in [1.82, 2.24) is 0 Å². The predicted molar refractivity (Wildman–Crippen MR) is 28.2 cm³/mol. The molecule has 1 aliphatic rings. The van der Waals surface area contributed by atoms with Crippen LogP contribution in [0.2, 0.25) is 0 Å². The molecule has 0 aromatic rings. The first-order chi connectivity index (χ1) is 4.13. The second kappa shape index (κ2) is 1.80. The lowest BCUT2D eigenvalue weighted by atomic mass is 10.1. The summed E-state index contributed by atoms with van der Waals surface area (Å²) in [5.74, 6) is -1.61. The lowest BCUT2D eigenvalue weighted by Gasteiger charge is -1.97. The summed E-state index contributed by atoms with van der Waals surface area (Å²) in [5, 5.41) is 0. The van der Waals surface area contributed by atoms with Crippen molar-refractivity contribution >= 4 is 11.9 Å². The van der Waals surface area contributed by atoms with E-state index in [-0.39, 0.29) is 0 Å². The van der Waals surface area contributed by atoms with Gasteiger partial charge in [0, 0.05) is 0 Å². The lowest BCUT2D eigenvalue weighted by molar-refractivity contribution is -0.153. The molecule has 4 nitrogen and oxygen atoms in total. The molecule has 0 radical (unpaired) electrons. The van der Waals surface area contributed by atoms with Gasteiger partial charge in [0.05, 0.1) is 5.92 Å². The fourth-order valence-electron chi connectivity index (χ4n) is 0.611. The van der Waals surface area contributed by atoms with Crippen molar-refractivity contribution in [3.63, 3.8) is 0 Å². The molecule has 9 heavy (non-hydrogen) atoms. The van der Waals surface area contributed by atoms with Crippen LogP contribution in [0.5, 0.6) is 0 Å². The zero-order valence-corrected chi connectivity index (χ0v) is 4.96. The molecule has 1 saturated heterocycles.